The molecule has 1 atom stereocenters. The minimum atomic E-state index is -0.567. The Labute approximate surface area is 132 Å². The van der Waals surface area contributed by atoms with Crippen molar-refractivity contribution >= 4 is 34.9 Å². The van der Waals surface area contributed by atoms with Gasteiger partial charge in [-0.1, -0.05) is 23.2 Å². The van der Waals surface area contributed by atoms with Crippen molar-refractivity contribution < 1.29 is 9.53 Å². The first-order valence-corrected chi connectivity index (χ1v) is 7.30. The fourth-order valence-corrected chi connectivity index (χ4v) is 2.58. The van der Waals surface area contributed by atoms with E-state index in [0.29, 0.717) is 25.3 Å². The number of carbonyl (C=O) groups excluding carboxylic acids is 1. The second-order valence-corrected chi connectivity index (χ2v) is 6.38. The fourth-order valence-electron chi connectivity index (χ4n) is 2.07. The Bertz CT molecular complexity index is 515. The van der Waals surface area contributed by atoms with Crippen LogP contribution in [0.2, 0.25) is 10.3 Å². The number of hydrogen-bond acceptors (Lipinski definition) is 7. The lowest BCUT2D eigenvalue weighted by atomic mass is 10.1. The Morgan fingerprint density at radius 3 is 2.52 bits per heavy atom. The highest BCUT2D eigenvalue weighted by Crippen LogP contribution is 2.31. The zero-order valence-electron chi connectivity index (χ0n) is 12.1. The van der Waals surface area contributed by atoms with Crippen molar-refractivity contribution in [1.29, 1.82) is 0 Å². The first-order chi connectivity index (χ1) is 9.79. The lowest BCUT2D eigenvalue weighted by Crippen LogP contribution is -2.56. The molecule has 1 aliphatic rings. The molecule has 1 unspecified atom stereocenters. The van der Waals surface area contributed by atoms with Gasteiger partial charge >= 0.3 is 5.97 Å². The summed E-state index contributed by atoms with van der Waals surface area (Å²) in [4.78, 5) is 14.1. The summed E-state index contributed by atoms with van der Waals surface area (Å²) < 4.78 is 5.45. The molecule has 0 bridgehead atoms. The number of anilines is 1. The number of nitrogens with zero attached hydrogens (tertiary/aromatic N) is 4. The van der Waals surface area contributed by atoms with Gasteiger partial charge in [0.1, 0.15) is 17.3 Å². The number of piperazine rings is 1. The molecule has 7 nitrogen and oxygen atoms in total. The molecule has 1 saturated heterocycles. The Morgan fingerprint density at radius 1 is 1.33 bits per heavy atom. The molecule has 0 amide bonds. The van der Waals surface area contributed by atoms with Crippen LogP contribution >= 0.6 is 23.2 Å². The molecule has 2 heterocycles. The number of nitrogens with one attached hydrogen (secondary N) is 1. The maximum atomic E-state index is 12.4. The highest BCUT2D eigenvalue weighted by molar-refractivity contribution is 6.37. The molecule has 0 aromatic carbocycles. The molecule has 1 aromatic rings. The number of esters is 1. The normalized spacial score (nSPS) is 19.5. The number of rotatable bonds is 2. The summed E-state index contributed by atoms with van der Waals surface area (Å²) in [5.41, 5.74) is -0.159. The smallest absolute Gasteiger partial charge is 0.330 e. The maximum Gasteiger partial charge on any atom is 0.330 e. The van der Waals surface area contributed by atoms with Gasteiger partial charge in [-0.3, -0.25) is 0 Å². The average Bonchev–Trinajstić information content (AvgIpc) is 2.37. The standard InChI is InChI=1S/C12H17Cl2N5O2/c1-12(2,3)21-11(20)7-6-15-4-5-19(7)8-9(13)16-18-17-10(8)14/h7,15H,4-6H2,1-3H3. The third-order valence-electron chi connectivity index (χ3n) is 2.87. The molecule has 0 radical (unpaired) electrons. The van der Waals surface area contributed by atoms with Crippen LogP contribution in [0.4, 0.5) is 5.69 Å². The first-order valence-electron chi connectivity index (χ1n) is 6.54. The van der Waals surface area contributed by atoms with E-state index in [2.05, 4.69) is 20.7 Å². The maximum absolute atomic E-state index is 12.4. The van der Waals surface area contributed by atoms with E-state index < -0.39 is 11.6 Å². The van der Waals surface area contributed by atoms with Crippen molar-refractivity contribution in [2.45, 2.75) is 32.4 Å². The minimum Gasteiger partial charge on any atom is -0.458 e. The molecule has 0 saturated carbocycles. The van der Waals surface area contributed by atoms with E-state index in [9.17, 15) is 4.79 Å². The van der Waals surface area contributed by atoms with Crippen LogP contribution in [0.1, 0.15) is 20.8 Å². The van der Waals surface area contributed by atoms with Crippen LogP contribution in [0.5, 0.6) is 0 Å². The van der Waals surface area contributed by atoms with Crippen LogP contribution in [0.3, 0.4) is 0 Å². The van der Waals surface area contributed by atoms with Crippen LogP contribution in [0.15, 0.2) is 0 Å². The predicted molar refractivity (Wildman–Crippen MR) is 79.7 cm³/mol. The van der Waals surface area contributed by atoms with Crippen molar-refractivity contribution in [1.82, 2.24) is 20.7 Å². The van der Waals surface area contributed by atoms with Crippen molar-refractivity contribution in [3.8, 4) is 0 Å². The Hall–Kier alpha value is -1.18. The zero-order valence-corrected chi connectivity index (χ0v) is 13.6. The third-order valence-corrected chi connectivity index (χ3v) is 3.37. The van der Waals surface area contributed by atoms with Gasteiger partial charge in [0.2, 0.25) is 0 Å². The molecule has 1 aromatic heterocycles. The summed E-state index contributed by atoms with van der Waals surface area (Å²) in [5.74, 6) is -0.348. The zero-order chi connectivity index (χ0) is 15.6. The molecule has 21 heavy (non-hydrogen) atoms. The highest BCUT2D eigenvalue weighted by Gasteiger charge is 2.35. The van der Waals surface area contributed by atoms with Gasteiger partial charge in [-0.2, -0.15) is 0 Å². The van der Waals surface area contributed by atoms with Crippen LogP contribution in [-0.2, 0) is 9.53 Å². The summed E-state index contributed by atoms with van der Waals surface area (Å²) in [6, 6.07) is -0.543. The fraction of sp³-hybridized carbons (Fsp3) is 0.667. The lowest BCUT2D eigenvalue weighted by Gasteiger charge is -2.37. The van der Waals surface area contributed by atoms with Crippen LogP contribution in [-0.4, -0.2) is 52.7 Å². The molecular formula is C12H17Cl2N5O2. The highest BCUT2D eigenvalue weighted by atomic mass is 35.5. The summed E-state index contributed by atoms with van der Waals surface area (Å²) in [5, 5.41) is 14.2. The van der Waals surface area contributed by atoms with Crippen molar-refractivity contribution in [3.63, 3.8) is 0 Å². The second-order valence-electron chi connectivity index (χ2n) is 5.67. The minimum absolute atomic E-state index is 0.116. The van der Waals surface area contributed by atoms with E-state index in [4.69, 9.17) is 27.9 Å². The van der Waals surface area contributed by atoms with Gasteiger partial charge in [0.25, 0.3) is 0 Å². The summed E-state index contributed by atoms with van der Waals surface area (Å²) in [6.07, 6.45) is 0. The topological polar surface area (TPSA) is 80.2 Å². The summed E-state index contributed by atoms with van der Waals surface area (Å²) in [6.45, 7) is 7.12. The lowest BCUT2D eigenvalue weighted by molar-refractivity contribution is -0.156. The number of ether oxygens (including phenoxy) is 1. The average molecular weight is 334 g/mol. The van der Waals surface area contributed by atoms with Gasteiger partial charge < -0.3 is 15.0 Å². The molecule has 9 heteroatoms. The van der Waals surface area contributed by atoms with Gasteiger partial charge in [-0.05, 0) is 26.0 Å². The van der Waals surface area contributed by atoms with Crippen molar-refractivity contribution in [3.05, 3.63) is 10.3 Å². The molecule has 1 N–H and O–H groups in total. The summed E-state index contributed by atoms with van der Waals surface area (Å²) in [7, 11) is 0. The van der Waals surface area contributed by atoms with E-state index in [-0.39, 0.29) is 16.3 Å². The van der Waals surface area contributed by atoms with Gasteiger partial charge in [0, 0.05) is 19.6 Å². The SMILES string of the molecule is CC(C)(C)OC(=O)C1CNCCN1c1c(Cl)nnnc1Cl. The van der Waals surface area contributed by atoms with Crippen LogP contribution in [0, 0.1) is 0 Å². The predicted octanol–water partition coefficient (Wildman–Crippen LogP) is 1.30. The van der Waals surface area contributed by atoms with Gasteiger partial charge in [-0.15, -0.1) is 10.2 Å². The molecular weight excluding hydrogens is 317 g/mol. The van der Waals surface area contributed by atoms with Gasteiger partial charge in [0.05, 0.1) is 0 Å². The van der Waals surface area contributed by atoms with Crippen molar-refractivity contribution in [2.75, 3.05) is 24.5 Å². The largest absolute Gasteiger partial charge is 0.458 e. The number of aromatic nitrogens is 3. The Morgan fingerprint density at radius 2 is 1.95 bits per heavy atom. The van der Waals surface area contributed by atoms with Crippen LogP contribution < -0.4 is 10.2 Å². The molecule has 2 rings (SSSR count). The number of carbonyl (C=O) groups is 1. The van der Waals surface area contributed by atoms with E-state index >= 15 is 0 Å². The summed E-state index contributed by atoms with van der Waals surface area (Å²) >= 11 is 12.1. The molecule has 1 aliphatic heterocycles. The second kappa shape index (κ2) is 6.29. The molecule has 0 spiro atoms. The third kappa shape index (κ3) is 3.93. The molecule has 0 aliphatic carbocycles. The Balaban J connectivity index is 2.29. The molecule has 1 fully saturated rings. The quantitative estimate of drug-likeness (QED) is 0.817. The van der Waals surface area contributed by atoms with Gasteiger partial charge in [-0.25, -0.2) is 4.79 Å². The molecule has 116 valence electrons. The van der Waals surface area contributed by atoms with Crippen LogP contribution in [0.25, 0.3) is 0 Å². The van der Waals surface area contributed by atoms with E-state index in [1.165, 1.54) is 0 Å². The van der Waals surface area contributed by atoms with E-state index in [0.717, 1.165) is 0 Å². The van der Waals surface area contributed by atoms with Gasteiger partial charge in [0.15, 0.2) is 10.3 Å². The van der Waals surface area contributed by atoms with Crippen molar-refractivity contribution in [2.24, 2.45) is 0 Å². The van der Waals surface area contributed by atoms with E-state index in [1.807, 2.05) is 20.8 Å². The number of hydrogen-bond donors (Lipinski definition) is 1. The monoisotopic (exact) mass is 333 g/mol. The number of halogens is 2. The Kier molecular flexibility index (Phi) is 4.85. The van der Waals surface area contributed by atoms with E-state index in [1.54, 1.807) is 4.90 Å². The first kappa shape index (κ1) is 16.2.